The summed E-state index contributed by atoms with van der Waals surface area (Å²) in [5.74, 6) is -1.22. The van der Waals surface area contributed by atoms with E-state index in [9.17, 15) is 29.4 Å². The summed E-state index contributed by atoms with van der Waals surface area (Å²) < 4.78 is 30.8. The van der Waals surface area contributed by atoms with Crippen molar-refractivity contribution in [2.75, 3.05) is 6.61 Å². The highest BCUT2D eigenvalue weighted by Crippen LogP contribution is 2.41. The van der Waals surface area contributed by atoms with Crippen LogP contribution < -0.4 is 9.74 Å². The molecule has 84 heavy (non-hydrogen) atoms. The average molecular weight is 1190 g/mol. The van der Waals surface area contributed by atoms with Crippen LogP contribution in [0.1, 0.15) is 179 Å². The van der Waals surface area contributed by atoms with Gasteiger partial charge in [0.15, 0.2) is 8.32 Å². The fourth-order valence-electron chi connectivity index (χ4n) is 8.74. The number of esters is 2. The number of phenols is 1. The number of benzene rings is 2. The van der Waals surface area contributed by atoms with E-state index < -0.39 is 58.9 Å². The topological polar surface area (TPSA) is 216 Å². The van der Waals surface area contributed by atoms with Crippen molar-refractivity contribution in [2.45, 2.75) is 221 Å². The van der Waals surface area contributed by atoms with E-state index in [-0.39, 0.29) is 65.2 Å². The van der Waals surface area contributed by atoms with E-state index >= 15 is 0 Å². The molecule has 0 bridgehead atoms. The standard InChI is InChI=1S/C35H49NO6.C32H51N3O5Si2/c1-25(2)12-8-13-26(3)14-9-15-27(4)21-23-41-35(40)36-22-11-19-30-24-32(38)28(5)16-6-7-17-29-18-10-20-31(37)33(29)34(39)42-30;1-23-16-12-13-17-24-18-14-20-26(39-41(8,9)31(2,3)4)29(24)30(37)38-25(19-15-21-28(36)34-35-33)22-27(23)40-42(10,11)32(5,6)7/h6-7,10-12,14,18,20-22,28,30,32,37-38H,8-9,13,15-17,19,23-24H2,1-5H3,(H,36,40);12-15,18,20-21,23,25,27H,16-17,19,22H2,1-11H3/b7-6+,22-11+,26-14+,27-21+;13-12+,21-15+/t28-,30-,32+;23-,25-,27+/m00/s1. The van der Waals surface area contributed by atoms with Gasteiger partial charge in [-0.25, -0.2) is 14.4 Å². The number of alkyl carbamates (subject to hydrolysis) is 1. The lowest BCUT2D eigenvalue weighted by molar-refractivity contribution is -0.113. The van der Waals surface area contributed by atoms with Crippen LogP contribution in [0, 0.1) is 11.8 Å². The molecular formula is C67H100N4O11Si2. The molecule has 2 aromatic carbocycles. The number of hydrogen-bond donors (Lipinski definition) is 3. The normalized spacial score (nSPS) is 21.4. The third-order valence-electron chi connectivity index (χ3n) is 16.2. The van der Waals surface area contributed by atoms with Gasteiger partial charge in [0, 0.05) is 36.8 Å². The van der Waals surface area contributed by atoms with Crippen LogP contribution in [0.2, 0.25) is 36.3 Å². The van der Waals surface area contributed by atoms with Crippen LogP contribution in [0.3, 0.4) is 0 Å². The van der Waals surface area contributed by atoms with Crippen LogP contribution >= 0.6 is 0 Å². The Hall–Kier alpha value is -6.24. The third-order valence-corrected chi connectivity index (χ3v) is 25.1. The van der Waals surface area contributed by atoms with Gasteiger partial charge in [-0.3, -0.25) is 10.1 Å². The number of amides is 2. The van der Waals surface area contributed by atoms with Gasteiger partial charge >= 0.3 is 18.0 Å². The van der Waals surface area contributed by atoms with E-state index in [1.54, 1.807) is 24.3 Å². The molecule has 3 N–H and O–H groups in total. The second kappa shape index (κ2) is 34.7. The summed E-state index contributed by atoms with van der Waals surface area (Å²) in [6, 6.07) is 10.7. The largest absolute Gasteiger partial charge is 0.543 e. The number of aliphatic hydroxyl groups is 1. The van der Waals surface area contributed by atoms with Crippen LogP contribution in [0.25, 0.3) is 10.4 Å². The Balaban J connectivity index is 0.000000440. The Morgan fingerprint density at radius 3 is 1.90 bits per heavy atom. The Labute approximate surface area is 504 Å². The molecule has 2 aromatic rings. The molecule has 0 spiro atoms. The number of ether oxygens (including phenoxy) is 3. The minimum absolute atomic E-state index is 0.00890. The molecule has 0 saturated carbocycles. The van der Waals surface area contributed by atoms with Gasteiger partial charge in [-0.1, -0.05) is 145 Å². The van der Waals surface area contributed by atoms with Gasteiger partial charge in [0.1, 0.15) is 41.4 Å². The molecule has 462 valence electrons. The maximum atomic E-state index is 14.0. The molecule has 15 nitrogen and oxygen atoms in total. The number of nitrogens with zero attached hydrogens (tertiary/aromatic N) is 3. The molecule has 0 radical (unpaired) electrons. The molecule has 2 aliphatic heterocycles. The molecule has 2 aliphatic rings. The monoisotopic (exact) mass is 1190 g/mol. The Morgan fingerprint density at radius 1 is 0.750 bits per heavy atom. The van der Waals surface area contributed by atoms with Crippen LogP contribution in [0.5, 0.6) is 11.5 Å². The molecule has 0 aromatic heterocycles. The molecule has 6 atom stereocenters. The zero-order valence-electron chi connectivity index (χ0n) is 53.4. The number of fused-ring (bicyclic) bond motifs is 2. The number of azide groups is 1. The number of rotatable bonds is 18. The van der Waals surface area contributed by atoms with Crippen molar-refractivity contribution in [2.24, 2.45) is 17.0 Å². The minimum Gasteiger partial charge on any atom is -0.543 e. The summed E-state index contributed by atoms with van der Waals surface area (Å²) in [4.78, 5) is 53.5. The van der Waals surface area contributed by atoms with Crippen molar-refractivity contribution in [3.63, 3.8) is 0 Å². The lowest BCUT2D eigenvalue weighted by atomic mass is 9.93. The summed E-state index contributed by atoms with van der Waals surface area (Å²) >= 11 is 0. The highest BCUT2D eigenvalue weighted by atomic mass is 28.4. The molecule has 0 saturated heterocycles. The Morgan fingerprint density at radius 2 is 1.30 bits per heavy atom. The SMILES string of the molecule is CC(C)=CCC/C(C)=C/CC/C(C)=C/COC(=O)N/C=C/C[C@H]1C[C@@H](O)[C@@H](C)C/C=C/Cc2cccc(O)c2C(=O)O1.C[C@H]1C/C=C/Cc2cccc(O[Si](C)(C)C(C)(C)C)c2C(=O)O[C@@H](C/C=C/C(=O)N=[N+]=[N-])C[C@H]1O[Si](C)(C)C(C)(C)C. The van der Waals surface area contributed by atoms with Crippen molar-refractivity contribution in [3.8, 4) is 11.5 Å². The number of cyclic esters (lactones) is 2. The highest BCUT2D eigenvalue weighted by molar-refractivity contribution is 6.75. The smallest absolute Gasteiger partial charge is 0.411 e. The third kappa shape index (κ3) is 25.1. The van der Waals surface area contributed by atoms with Crippen LogP contribution in [-0.2, 0) is 36.3 Å². The van der Waals surface area contributed by atoms with E-state index in [1.807, 2.05) is 50.3 Å². The molecule has 4 rings (SSSR count). The zero-order chi connectivity index (χ0) is 62.8. The fraction of sp³-hybridized carbons (Fsp3) is 0.552. The lowest BCUT2D eigenvalue weighted by Gasteiger charge is -2.41. The van der Waals surface area contributed by atoms with Crippen molar-refractivity contribution in [3.05, 3.63) is 153 Å². The number of allylic oxidation sites excluding steroid dienone is 9. The first-order valence-corrected chi connectivity index (χ1v) is 35.6. The summed E-state index contributed by atoms with van der Waals surface area (Å²) in [6.45, 7) is 34.6. The van der Waals surface area contributed by atoms with Gasteiger partial charge < -0.3 is 33.3 Å². The zero-order valence-corrected chi connectivity index (χ0v) is 55.4. The van der Waals surface area contributed by atoms with E-state index in [0.29, 0.717) is 42.6 Å². The first-order chi connectivity index (χ1) is 39.3. The summed E-state index contributed by atoms with van der Waals surface area (Å²) in [6.07, 6.45) is 25.8. The van der Waals surface area contributed by atoms with Gasteiger partial charge in [0.25, 0.3) is 8.32 Å². The van der Waals surface area contributed by atoms with Crippen LogP contribution in [0.4, 0.5) is 4.79 Å². The molecule has 0 fully saturated rings. The highest BCUT2D eigenvalue weighted by Gasteiger charge is 2.42. The number of aromatic hydroxyl groups is 1. The van der Waals surface area contributed by atoms with Gasteiger partial charge in [-0.15, -0.1) is 0 Å². The van der Waals surface area contributed by atoms with Crippen LogP contribution in [0.15, 0.2) is 125 Å². The molecule has 0 aliphatic carbocycles. The van der Waals surface area contributed by atoms with Crippen molar-refractivity contribution < 1.29 is 52.5 Å². The number of nitrogens with one attached hydrogen (secondary N) is 1. The van der Waals surface area contributed by atoms with E-state index in [4.69, 9.17) is 28.6 Å². The van der Waals surface area contributed by atoms with Crippen molar-refractivity contribution >= 4 is 40.6 Å². The summed E-state index contributed by atoms with van der Waals surface area (Å²) in [5, 5.41) is 26.7. The second-order valence-corrected chi connectivity index (χ2v) is 35.2. The maximum Gasteiger partial charge on any atom is 0.411 e. The molecule has 2 heterocycles. The molecule has 2 amide bonds. The predicted molar refractivity (Wildman–Crippen MR) is 343 cm³/mol. The number of aliphatic hydroxyl groups excluding tert-OH is 1. The number of carbonyl (C=O) groups is 4. The van der Waals surface area contributed by atoms with Gasteiger partial charge in [0.05, 0.1) is 12.2 Å². The van der Waals surface area contributed by atoms with Crippen LogP contribution in [-0.4, -0.2) is 81.8 Å². The molecule has 0 unspecified atom stereocenters. The van der Waals surface area contributed by atoms with Gasteiger partial charge in [-0.2, -0.15) is 0 Å². The van der Waals surface area contributed by atoms with E-state index in [0.717, 1.165) is 43.2 Å². The minimum atomic E-state index is -2.26. The first-order valence-electron chi connectivity index (χ1n) is 29.8. The Kier molecular flexibility index (Phi) is 29.7. The number of hydrogen-bond acceptors (Lipinski definition) is 11. The summed E-state index contributed by atoms with van der Waals surface area (Å²) in [7, 11) is -4.41. The van der Waals surface area contributed by atoms with Crippen molar-refractivity contribution in [1.82, 2.24) is 5.32 Å². The Bertz CT molecular complexity index is 2770. The quantitative estimate of drug-likeness (QED) is 0.0186. The van der Waals surface area contributed by atoms with E-state index in [1.165, 1.54) is 29.5 Å². The number of carbonyl (C=O) groups excluding carboxylic acids is 4. The maximum absolute atomic E-state index is 14.0. The number of phenolic OH excluding ortho intramolecular Hbond substituents is 1. The van der Waals surface area contributed by atoms with E-state index in [2.05, 4.69) is 135 Å². The average Bonchev–Trinajstić information content (AvgIpc) is 2.73. The van der Waals surface area contributed by atoms with Gasteiger partial charge in [-0.05, 0) is 173 Å². The molecule has 17 heteroatoms. The predicted octanol–water partition coefficient (Wildman–Crippen LogP) is 17.2. The lowest BCUT2D eigenvalue weighted by Crippen LogP contribution is -2.46. The van der Waals surface area contributed by atoms with Crippen molar-refractivity contribution in [1.29, 1.82) is 0 Å². The molecular weight excluding hydrogens is 1090 g/mol. The van der Waals surface area contributed by atoms with Gasteiger partial charge in [0.2, 0.25) is 5.91 Å². The first kappa shape index (κ1) is 72.0. The summed E-state index contributed by atoms with van der Waals surface area (Å²) in [5.41, 5.74) is 14.6. The fourth-order valence-corrected chi connectivity index (χ4v) is 11.2. The second-order valence-electron chi connectivity index (χ2n) is 25.8.